The van der Waals surface area contributed by atoms with Crippen molar-refractivity contribution in [1.82, 2.24) is 9.55 Å². The van der Waals surface area contributed by atoms with Crippen molar-refractivity contribution in [2.24, 2.45) is 0 Å². The first-order valence-electron chi connectivity index (χ1n) is 9.79. The van der Waals surface area contributed by atoms with Crippen molar-refractivity contribution in [1.29, 1.82) is 5.26 Å². The molecule has 0 saturated carbocycles. The van der Waals surface area contributed by atoms with Gasteiger partial charge in [-0.2, -0.15) is 5.26 Å². The molecule has 0 aliphatic heterocycles. The summed E-state index contributed by atoms with van der Waals surface area (Å²) in [5.74, 6) is 0. The molecule has 9 heteroatoms. The average molecular weight is 479 g/mol. The van der Waals surface area contributed by atoms with Crippen LogP contribution in [0, 0.1) is 11.3 Å². The molecule has 164 valence electrons. The maximum absolute atomic E-state index is 13.0. The van der Waals surface area contributed by atoms with E-state index in [4.69, 9.17) is 33.2 Å². The lowest BCUT2D eigenvalue weighted by atomic mass is 10.1. The van der Waals surface area contributed by atoms with Gasteiger partial charge < -0.3 is 4.74 Å². The summed E-state index contributed by atoms with van der Waals surface area (Å²) in [6.45, 7) is 0.271. The molecule has 0 aliphatic rings. The molecule has 4 aromatic rings. The van der Waals surface area contributed by atoms with Gasteiger partial charge in [0.15, 0.2) is 0 Å². The van der Waals surface area contributed by atoms with Crippen LogP contribution in [0.15, 0.2) is 71.8 Å². The van der Waals surface area contributed by atoms with E-state index in [1.807, 2.05) is 6.07 Å². The van der Waals surface area contributed by atoms with Crippen LogP contribution in [0.2, 0.25) is 10.0 Å². The van der Waals surface area contributed by atoms with Crippen LogP contribution in [0.25, 0.3) is 10.9 Å². The molecule has 0 bridgehead atoms. The van der Waals surface area contributed by atoms with Crippen LogP contribution in [0.3, 0.4) is 0 Å². The number of nitriles is 1. The maximum atomic E-state index is 13.0. The topological polar surface area (TPSA) is 97.0 Å². The van der Waals surface area contributed by atoms with Crippen LogP contribution in [0.1, 0.15) is 16.7 Å². The minimum atomic E-state index is -0.684. The van der Waals surface area contributed by atoms with Gasteiger partial charge in [-0.1, -0.05) is 41.4 Å². The van der Waals surface area contributed by atoms with Gasteiger partial charge in [0, 0.05) is 5.69 Å². The first-order valence-corrected chi connectivity index (χ1v) is 10.5. The number of carbonyl (C=O) groups is 1. The van der Waals surface area contributed by atoms with Crippen LogP contribution in [-0.4, -0.2) is 15.6 Å². The van der Waals surface area contributed by atoms with Crippen molar-refractivity contribution in [2.75, 3.05) is 5.32 Å². The quantitative estimate of drug-likeness (QED) is 0.415. The van der Waals surface area contributed by atoms with Crippen molar-refractivity contribution < 1.29 is 9.53 Å². The molecular formula is C24H16Cl2N4O3. The highest BCUT2D eigenvalue weighted by atomic mass is 35.5. The van der Waals surface area contributed by atoms with E-state index in [9.17, 15) is 9.59 Å². The molecule has 33 heavy (non-hydrogen) atoms. The zero-order valence-electron chi connectivity index (χ0n) is 17.1. The number of fused-ring (bicyclic) bond motifs is 1. The normalized spacial score (nSPS) is 10.6. The van der Waals surface area contributed by atoms with Gasteiger partial charge in [-0.3, -0.25) is 14.7 Å². The van der Waals surface area contributed by atoms with Gasteiger partial charge in [-0.25, -0.2) is 9.78 Å². The fraction of sp³-hybridized carbons (Fsp3) is 0.0833. The molecular weight excluding hydrogens is 463 g/mol. The fourth-order valence-electron chi connectivity index (χ4n) is 3.22. The van der Waals surface area contributed by atoms with E-state index in [2.05, 4.69) is 10.3 Å². The van der Waals surface area contributed by atoms with Gasteiger partial charge in [-0.05, 0) is 53.6 Å². The van der Waals surface area contributed by atoms with Crippen LogP contribution >= 0.6 is 23.2 Å². The number of amides is 1. The molecule has 1 N–H and O–H groups in total. The summed E-state index contributed by atoms with van der Waals surface area (Å²) in [6, 6.07) is 18.8. The predicted octanol–water partition coefficient (Wildman–Crippen LogP) is 5.37. The standard InChI is InChI=1S/C24H16Cl2N4O3/c25-20-6-4-16(9-21(20)26)12-30-14-28-22-7-5-18(10-19(22)23(30)31)29-24(32)33-13-17-3-1-2-15(8-17)11-27/h1-10,14H,12-13H2,(H,29,32). The van der Waals surface area contributed by atoms with E-state index in [-0.39, 0.29) is 18.7 Å². The Balaban J connectivity index is 1.50. The van der Waals surface area contributed by atoms with E-state index in [1.54, 1.807) is 60.7 Å². The van der Waals surface area contributed by atoms with Crippen LogP contribution < -0.4 is 10.9 Å². The van der Waals surface area contributed by atoms with Crippen molar-refractivity contribution >= 4 is 45.9 Å². The van der Waals surface area contributed by atoms with Crippen molar-refractivity contribution in [3.63, 3.8) is 0 Å². The summed E-state index contributed by atoms with van der Waals surface area (Å²) in [4.78, 5) is 29.5. The molecule has 0 saturated heterocycles. The summed E-state index contributed by atoms with van der Waals surface area (Å²) in [7, 11) is 0. The van der Waals surface area contributed by atoms with Crippen LogP contribution in [-0.2, 0) is 17.9 Å². The van der Waals surface area contributed by atoms with E-state index >= 15 is 0 Å². The maximum Gasteiger partial charge on any atom is 0.411 e. The van der Waals surface area contributed by atoms with Crippen molar-refractivity contribution in [3.8, 4) is 6.07 Å². The molecule has 1 heterocycles. The Morgan fingerprint density at radius 2 is 1.91 bits per heavy atom. The Kier molecular flexibility index (Phi) is 6.59. The molecule has 0 spiro atoms. The predicted molar refractivity (Wildman–Crippen MR) is 127 cm³/mol. The van der Waals surface area contributed by atoms with E-state index in [0.717, 1.165) is 5.56 Å². The molecule has 3 aromatic carbocycles. The number of benzene rings is 3. The molecule has 0 fully saturated rings. The third kappa shape index (κ3) is 5.32. The molecule has 1 aromatic heterocycles. The van der Waals surface area contributed by atoms with Gasteiger partial charge in [-0.15, -0.1) is 0 Å². The third-order valence-corrected chi connectivity index (χ3v) is 5.57. The number of rotatable bonds is 5. The fourth-order valence-corrected chi connectivity index (χ4v) is 3.54. The summed E-state index contributed by atoms with van der Waals surface area (Å²) in [5, 5.41) is 12.7. The number of carbonyl (C=O) groups excluding carboxylic acids is 1. The number of hydrogen-bond acceptors (Lipinski definition) is 5. The monoisotopic (exact) mass is 478 g/mol. The SMILES string of the molecule is N#Cc1cccc(COC(=O)Nc2ccc3ncn(Cc4ccc(Cl)c(Cl)c4)c(=O)c3c2)c1. The van der Waals surface area contributed by atoms with Crippen LogP contribution in [0.5, 0.6) is 0 Å². The van der Waals surface area contributed by atoms with Crippen LogP contribution in [0.4, 0.5) is 10.5 Å². The molecule has 4 rings (SSSR count). The Morgan fingerprint density at radius 3 is 2.70 bits per heavy atom. The first-order chi connectivity index (χ1) is 15.9. The highest BCUT2D eigenvalue weighted by Crippen LogP contribution is 2.23. The Bertz CT molecular complexity index is 1460. The average Bonchev–Trinajstić information content (AvgIpc) is 2.82. The zero-order valence-corrected chi connectivity index (χ0v) is 18.6. The van der Waals surface area contributed by atoms with Crippen molar-refractivity contribution in [2.45, 2.75) is 13.2 Å². The van der Waals surface area contributed by atoms with Gasteiger partial charge >= 0.3 is 6.09 Å². The first kappa shape index (κ1) is 22.3. The second-order valence-electron chi connectivity index (χ2n) is 7.17. The van der Waals surface area contributed by atoms with E-state index < -0.39 is 6.09 Å². The van der Waals surface area contributed by atoms with Gasteiger partial charge in [0.1, 0.15) is 6.61 Å². The van der Waals surface area contributed by atoms with E-state index in [0.29, 0.717) is 37.8 Å². The summed E-state index contributed by atoms with van der Waals surface area (Å²) < 4.78 is 6.67. The second kappa shape index (κ2) is 9.74. The summed E-state index contributed by atoms with van der Waals surface area (Å²) >= 11 is 12.0. The highest BCUT2D eigenvalue weighted by molar-refractivity contribution is 6.42. The molecule has 0 unspecified atom stereocenters. The Hall–Kier alpha value is -3.86. The summed E-state index contributed by atoms with van der Waals surface area (Å²) in [6.07, 6.45) is 0.779. The third-order valence-electron chi connectivity index (χ3n) is 4.83. The Labute approximate surface area is 198 Å². The number of ether oxygens (including phenoxy) is 1. The number of nitrogens with zero attached hydrogens (tertiary/aromatic N) is 3. The lowest BCUT2D eigenvalue weighted by Gasteiger charge is -2.10. The zero-order chi connectivity index (χ0) is 23.4. The lowest BCUT2D eigenvalue weighted by molar-refractivity contribution is 0.155. The lowest BCUT2D eigenvalue weighted by Crippen LogP contribution is -2.21. The molecule has 1 amide bonds. The van der Waals surface area contributed by atoms with E-state index in [1.165, 1.54) is 10.9 Å². The minimum absolute atomic E-state index is 0.00689. The molecule has 7 nitrogen and oxygen atoms in total. The molecule has 0 aliphatic carbocycles. The number of nitrogens with one attached hydrogen (secondary N) is 1. The second-order valence-corrected chi connectivity index (χ2v) is 7.99. The highest BCUT2D eigenvalue weighted by Gasteiger charge is 2.10. The molecule has 0 radical (unpaired) electrons. The number of aromatic nitrogens is 2. The van der Waals surface area contributed by atoms with Crippen molar-refractivity contribution in [3.05, 3.63) is 104 Å². The number of anilines is 1. The Morgan fingerprint density at radius 1 is 1.06 bits per heavy atom. The number of hydrogen-bond donors (Lipinski definition) is 1. The number of halogens is 2. The largest absolute Gasteiger partial charge is 0.444 e. The molecule has 0 atom stereocenters. The summed E-state index contributed by atoms with van der Waals surface area (Å²) in [5.41, 5.74) is 2.59. The van der Waals surface area contributed by atoms with Gasteiger partial charge in [0.2, 0.25) is 0 Å². The van der Waals surface area contributed by atoms with Gasteiger partial charge in [0.25, 0.3) is 5.56 Å². The minimum Gasteiger partial charge on any atom is -0.444 e. The smallest absolute Gasteiger partial charge is 0.411 e. The van der Waals surface area contributed by atoms with Gasteiger partial charge in [0.05, 0.1) is 45.5 Å².